The summed E-state index contributed by atoms with van der Waals surface area (Å²) >= 11 is 0. The molecular formula is C21H27N3O3. The molecule has 6 nitrogen and oxygen atoms in total. The Morgan fingerprint density at radius 2 is 1.81 bits per heavy atom. The van der Waals surface area contributed by atoms with Crippen molar-refractivity contribution in [2.45, 2.75) is 39.3 Å². The van der Waals surface area contributed by atoms with Crippen molar-refractivity contribution in [2.24, 2.45) is 0 Å². The number of nitrogens with one attached hydrogen (secondary N) is 3. The van der Waals surface area contributed by atoms with E-state index in [0.717, 1.165) is 23.3 Å². The molecule has 3 N–H and O–H groups in total. The van der Waals surface area contributed by atoms with E-state index in [1.807, 2.05) is 43.3 Å². The molecule has 0 spiro atoms. The van der Waals surface area contributed by atoms with E-state index in [9.17, 15) is 9.59 Å². The SMILES string of the molecule is CC[C@@H](C)Oc1cccc(CNC(=O)Nc2ccc(CC(=O)NC)cc2)c1. The van der Waals surface area contributed by atoms with Crippen LogP contribution in [0.2, 0.25) is 0 Å². The van der Waals surface area contributed by atoms with Crippen LogP contribution in [0.5, 0.6) is 5.75 Å². The molecule has 2 aromatic rings. The molecule has 0 radical (unpaired) electrons. The number of amides is 3. The number of likely N-dealkylation sites (N-methyl/N-ethyl adjacent to an activating group) is 1. The average molecular weight is 369 g/mol. The van der Waals surface area contributed by atoms with E-state index in [0.29, 0.717) is 18.7 Å². The summed E-state index contributed by atoms with van der Waals surface area (Å²) in [6.07, 6.45) is 1.41. The first kappa shape index (κ1) is 20.3. The van der Waals surface area contributed by atoms with Crippen LogP contribution in [0.1, 0.15) is 31.4 Å². The third kappa shape index (κ3) is 7.01. The van der Waals surface area contributed by atoms with E-state index in [1.54, 1.807) is 19.2 Å². The van der Waals surface area contributed by atoms with E-state index in [1.165, 1.54) is 0 Å². The van der Waals surface area contributed by atoms with Crippen molar-refractivity contribution >= 4 is 17.6 Å². The summed E-state index contributed by atoms with van der Waals surface area (Å²) < 4.78 is 5.80. The molecule has 6 heteroatoms. The Labute approximate surface area is 160 Å². The molecule has 3 amide bonds. The number of carbonyl (C=O) groups excluding carboxylic acids is 2. The summed E-state index contributed by atoms with van der Waals surface area (Å²) in [6.45, 7) is 4.50. The summed E-state index contributed by atoms with van der Waals surface area (Å²) in [7, 11) is 1.61. The van der Waals surface area contributed by atoms with Crippen LogP contribution < -0.4 is 20.7 Å². The lowest BCUT2D eigenvalue weighted by atomic mass is 10.1. The fraction of sp³-hybridized carbons (Fsp3) is 0.333. The molecule has 0 heterocycles. The first-order chi connectivity index (χ1) is 13.0. The first-order valence-corrected chi connectivity index (χ1v) is 9.10. The van der Waals surface area contributed by atoms with Crippen LogP contribution in [0, 0.1) is 0 Å². The van der Waals surface area contributed by atoms with Crippen molar-refractivity contribution in [1.82, 2.24) is 10.6 Å². The number of anilines is 1. The van der Waals surface area contributed by atoms with Crippen LogP contribution in [0.4, 0.5) is 10.5 Å². The minimum atomic E-state index is -0.290. The minimum absolute atomic E-state index is 0.0482. The smallest absolute Gasteiger partial charge is 0.319 e. The lowest BCUT2D eigenvalue weighted by Crippen LogP contribution is -2.28. The predicted octanol–water partition coefficient (Wildman–Crippen LogP) is 3.47. The highest BCUT2D eigenvalue weighted by molar-refractivity contribution is 5.89. The third-order valence-corrected chi connectivity index (χ3v) is 4.12. The first-order valence-electron chi connectivity index (χ1n) is 9.10. The van der Waals surface area contributed by atoms with Crippen molar-refractivity contribution < 1.29 is 14.3 Å². The van der Waals surface area contributed by atoms with Crippen LogP contribution in [0.3, 0.4) is 0 Å². The molecule has 27 heavy (non-hydrogen) atoms. The van der Waals surface area contributed by atoms with Crippen molar-refractivity contribution in [3.63, 3.8) is 0 Å². The lowest BCUT2D eigenvalue weighted by Gasteiger charge is -2.14. The number of urea groups is 1. The minimum Gasteiger partial charge on any atom is -0.491 e. The van der Waals surface area contributed by atoms with Gasteiger partial charge in [0.1, 0.15) is 5.75 Å². The number of benzene rings is 2. The standard InChI is InChI=1S/C21H27N3O3/c1-4-15(2)27-19-7-5-6-17(12-19)14-23-21(26)24-18-10-8-16(9-11-18)13-20(25)22-3/h5-12,15H,4,13-14H2,1-3H3,(H,22,25)(H2,23,24,26)/t15-/m1/s1. The third-order valence-electron chi connectivity index (χ3n) is 4.12. The summed E-state index contributed by atoms with van der Waals surface area (Å²) in [6, 6.07) is 14.6. The maximum atomic E-state index is 12.1. The molecule has 0 aliphatic heterocycles. The second-order valence-electron chi connectivity index (χ2n) is 6.34. The van der Waals surface area contributed by atoms with Gasteiger partial charge >= 0.3 is 6.03 Å². The molecule has 2 rings (SSSR count). The van der Waals surface area contributed by atoms with Gasteiger partial charge in [0.2, 0.25) is 5.91 Å². The summed E-state index contributed by atoms with van der Waals surface area (Å²) in [5.74, 6) is 0.753. The zero-order valence-corrected chi connectivity index (χ0v) is 16.0. The Kier molecular flexibility index (Phi) is 7.67. The number of ether oxygens (including phenoxy) is 1. The van der Waals surface area contributed by atoms with E-state index >= 15 is 0 Å². The number of rotatable bonds is 8. The lowest BCUT2D eigenvalue weighted by molar-refractivity contribution is -0.119. The van der Waals surface area contributed by atoms with E-state index in [2.05, 4.69) is 22.9 Å². The van der Waals surface area contributed by atoms with Gasteiger partial charge in [-0.05, 0) is 48.7 Å². The van der Waals surface area contributed by atoms with Gasteiger partial charge in [-0.25, -0.2) is 4.79 Å². The normalized spacial score (nSPS) is 11.4. The van der Waals surface area contributed by atoms with Gasteiger partial charge in [-0.2, -0.15) is 0 Å². The zero-order valence-electron chi connectivity index (χ0n) is 16.0. The van der Waals surface area contributed by atoms with E-state index in [-0.39, 0.29) is 18.0 Å². The number of hydrogen-bond donors (Lipinski definition) is 3. The van der Waals surface area contributed by atoms with Crippen LogP contribution in [-0.4, -0.2) is 25.1 Å². The highest BCUT2D eigenvalue weighted by Gasteiger charge is 2.06. The number of hydrogen-bond acceptors (Lipinski definition) is 3. The molecule has 0 aliphatic rings. The van der Waals surface area contributed by atoms with Crippen molar-refractivity contribution in [1.29, 1.82) is 0 Å². The fourth-order valence-corrected chi connectivity index (χ4v) is 2.38. The molecule has 0 saturated heterocycles. The maximum absolute atomic E-state index is 12.1. The molecule has 1 atom stereocenters. The molecule has 0 saturated carbocycles. The molecule has 0 unspecified atom stereocenters. The van der Waals surface area contributed by atoms with Crippen LogP contribution in [0.25, 0.3) is 0 Å². The van der Waals surface area contributed by atoms with Gasteiger partial charge in [0.15, 0.2) is 0 Å². The van der Waals surface area contributed by atoms with Crippen molar-refractivity contribution in [2.75, 3.05) is 12.4 Å². The second-order valence-corrected chi connectivity index (χ2v) is 6.34. The Bertz CT molecular complexity index is 760. The average Bonchev–Trinajstić information content (AvgIpc) is 2.68. The quantitative estimate of drug-likeness (QED) is 0.666. The Hall–Kier alpha value is -3.02. The molecule has 0 aromatic heterocycles. The van der Waals surface area contributed by atoms with E-state index in [4.69, 9.17) is 4.74 Å². The van der Waals surface area contributed by atoms with Crippen LogP contribution in [-0.2, 0) is 17.8 Å². The van der Waals surface area contributed by atoms with E-state index < -0.39 is 0 Å². The monoisotopic (exact) mass is 369 g/mol. The van der Waals surface area contributed by atoms with Gasteiger partial charge in [-0.1, -0.05) is 31.2 Å². The summed E-state index contributed by atoms with van der Waals surface area (Å²) in [5, 5.41) is 8.19. The van der Waals surface area contributed by atoms with Gasteiger partial charge in [0.05, 0.1) is 12.5 Å². The maximum Gasteiger partial charge on any atom is 0.319 e. The largest absolute Gasteiger partial charge is 0.491 e. The molecule has 0 bridgehead atoms. The number of carbonyl (C=O) groups is 2. The molecule has 144 valence electrons. The summed E-state index contributed by atoms with van der Waals surface area (Å²) in [4.78, 5) is 23.5. The molecule has 0 fully saturated rings. The highest BCUT2D eigenvalue weighted by atomic mass is 16.5. The highest BCUT2D eigenvalue weighted by Crippen LogP contribution is 2.16. The fourth-order valence-electron chi connectivity index (χ4n) is 2.38. The Balaban J connectivity index is 1.84. The van der Waals surface area contributed by atoms with Gasteiger partial charge in [0.25, 0.3) is 0 Å². The topological polar surface area (TPSA) is 79.5 Å². The van der Waals surface area contributed by atoms with Crippen LogP contribution >= 0.6 is 0 Å². The predicted molar refractivity (Wildman–Crippen MR) is 107 cm³/mol. The van der Waals surface area contributed by atoms with Crippen LogP contribution in [0.15, 0.2) is 48.5 Å². The van der Waals surface area contributed by atoms with Gasteiger partial charge < -0.3 is 20.7 Å². The van der Waals surface area contributed by atoms with Gasteiger partial charge in [-0.3, -0.25) is 4.79 Å². The Morgan fingerprint density at radius 3 is 2.48 bits per heavy atom. The van der Waals surface area contributed by atoms with Gasteiger partial charge in [-0.15, -0.1) is 0 Å². The molecule has 2 aromatic carbocycles. The molecule has 0 aliphatic carbocycles. The zero-order chi connectivity index (χ0) is 19.6. The molecular weight excluding hydrogens is 342 g/mol. The second kappa shape index (κ2) is 10.2. The summed E-state index contributed by atoms with van der Waals surface area (Å²) in [5.41, 5.74) is 2.52. The van der Waals surface area contributed by atoms with Crippen molar-refractivity contribution in [3.05, 3.63) is 59.7 Å². The Morgan fingerprint density at radius 1 is 1.07 bits per heavy atom. The van der Waals surface area contributed by atoms with Crippen molar-refractivity contribution in [3.8, 4) is 5.75 Å². The van der Waals surface area contributed by atoms with Gasteiger partial charge in [0, 0.05) is 19.3 Å².